The summed E-state index contributed by atoms with van der Waals surface area (Å²) >= 11 is 9.93. The molecule has 6 atom stereocenters. The van der Waals surface area contributed by atoms with Crippen molar-refractivity contribution in [3.05, 3.63) is 31.1 Å². The molecule has 4 rings (SSSR count). The van der Waals surface area contributed by atoms with Crippen molar-refractivity contribution in [2.24, 2.45) is 11.8 Å². The van der Waals surface area contributed by atoms with Crippen molar-refractivity contribution >= 4 is 65.7 Å². The molecule has 3 aliphatic rings. The second-order valence-electron chi connectivity index (χ2n) is 5.98. The lowest BCUT2D eigenvalue weighted by Crippen LogP contribution is -2.47. The van der Waals surface area contributed by atoms with Gasteiger partial charge in [0.1, 0.15) is 24.0 Å². The Morgan fingerprint density at radius 2 is 1.84 bits per heavy atom. The van der Waals surface area contributed by atoms with E-state index in [1.54, 1.807) is 12.1 Å². The van der Waals surface area contributed by atoms with E-state index in [2.05, 4.69) is 47.8 Å². The summed E-state index contributed by atoms with van der Waals surface area (Å²) in [6.45, 7) is 0. The molecule has 0 aliphatic carbocycles. The van der Waals surface area contributed by atoms with E-state index in [0.29, 0.717) is 13.4 Å². The molecule has 1 aromatic carbocycles. The molecule has 1 aromatic rings. The Morgan fingerprint density at radius 1 is 1.12 bits per heavy atom. The van der Waals surface area contributed by atoms with E-state index in [1.807, 2.05) is 0 Å². The Labute approximate surface area is 166 Å². The molecule has 3 saturated heterocycles. The molecule has 0 aromatic heterocycles. The quantitative estimate of drug-likeness (QED) is 0.464. The maximum absolute atomic E-state index is 12.6. The summed E-state index contributed by atoms with van der Waals surface area (Å²) in [6.07, 6.45) is -3.31. The number of carbonyl (C=O) groups excluding carboxylic acids is 2. The summed E-state index contributed by atoms with van der Waals surface area (Å²) in [6, 6.07) is 3.33. The number of hydrogen-bond donors (Lipinski definition) is 1. The van der Waals surface area contributed by atoms with Gasteiger partial charge in [0.05, 0.1) is 5.56 Å². The molecular weight excluding hydrogens is 532 g/mol. The molecule has 0 amide bonds. The lowest BCUT2D eigenvalue weighted by molar-refractivity contribution is -0.151. The van der Waals surface area contributed by atoms with E-state index in [1.165, 1.54) is 0 Å². The third-order valence-electron chi connectivity index (χ3n) is 4.65. The predicted molar refractivity (Wildman–Crippen MR) is 91.9 cm³/mol. The number of hydrogen-bond acceptors (Lipinski definition) is 6. The predicted octanol–water partition coefficient (Wildman–Crippen LogP) is 2.52. The average molecular weight is 541 g/mol. The summed E-state index contributed by atoms with van der Waals surface area (Å²) in [5.74, 6) is -4.36. The van der Waals surface area contributed by atoms with E-state index in [9.17, 15) is 19.5 Å². The van der Waals surface area contributed by atoms with Crippen molar-refractivity contribution in [1.29, 1.82) is 0 Å². The minimum absolute atomic E-state index is 0.247. The average Bonchev–Trinajstić information content (AvgIpc) is 3.13. The van der Waals surface area contributed by atoms with Crippen LogP contribution >= 0.6 is 47.8 Å². The van der Waals surface area contributed by atoms with Gasteiger partial charge in [0.15, 0.2) is 12.2 Å². The van der Waals surface area contributed by atoms with Crippen molar-refractivity contribution in [2.45, 2.75) is 24.4 Å². The Balaban J connectivity index is 1.63. The number of aliphatic carboxylic acids is 1. The maximum atomic E-state index is 12.6. The highest BCUT2D eigenvalue weighted by atomic mass is 79.9. The number of benzene rings is 1. The highest BCUT2D eigenvalue weighted by Gasteiger charge is 2.71. The number of carboxylic acids is 1. The first-order valence-corrected chi connectivity index (χ1v) is 9.62. The molecule has 3 fully saturated rings. The van der Waals surface area contributed by atoms with Crippen LogP contribution in [-0.2, 0) is 23.8 Å². The van der Waals surface area contributed by atoms with Crippen LogP contribution in [0.5, 0.6) is 0 Å². The minimum atomic E-state index is -1.16. The second kappa shape index (κ2) is 6.04. The number of carboxylic acid groups (broad SMARTS) is 1. The minimum Gasteiger partial charge on any atom is -0.481 e. The zero-order valence-corrected chi connectivity index (χ0v) is 16.9. The van der Waals surface area contributed by atoms with Gasteiger partial charge < -0.3 is 19.3 Å². The first kappa shape index (κ1) is 17.4. The van der Waals surface area contributed by atoms with Gasteiger partial charge in [-0.3, -0.25) is 9.59 Å². The number of rotatable bonds is 3. The van der Waals surface area contributed by atoms with Gasteiger partial charge >= 0.3 is 17.9 Å². The summed E-state index contributed by atoms with van der Waals surface area (Å²) in [7, 11) is 0. The Kier molecular flexibility index (Phi) is 4.21. The molecule has 0 saturated carbocycles. The van der Waals surface area contributed by atoms with Crippen LogP contribution in [0.3, 0.4) is 0 Å². The molecule has 6 unspecified atom stereocenters. The molecule has 10 heteroatoms. The molecule has 0 spiro atoms. The molecule has 25 heavy (non-hydrogen) atoms. The van der Waals surface area contributed by atoms with Crippen LogP contribution in [0.15, 0.2) is 25.6 Å². The summed E-state index contributed by atoms with van der Waals surface area (Å²) in [4.78, 5) is 36.0. The van der Waals surface area contributed by atoms with Gasteiger partial charge in [-0.15, -0.1) is 0 Å². The van der Waals surface area contributed by atoms with Crippen molar-refractivity contribution in [2.75, 3.05) is 0 Å². The number of carbonyl (C=O) groups is 3. The largest absolute Gasteiger partial charge is 0.481 e. The zero-order chi connectivity index (χ0) is 18.0. The van der Waals surface area contributed by atoms with Crippen LogP contribution in [0.4, 0.5) is 0 Å². The van der Waals surface area contributed by atoms with Gasteiger partial charge in [-0.25, -0.2) is 4.79 Å². The SMILES string of the molecule is O=C(OC1C2OC(=O)C3C2OC1C3C(=O)O)c1cc(Br)cc(Br)c1Br. The lowest BCUT2D eigenvalue weighted by atomic mass is 9.78. The molecule has 1 N–H and O–H groups in total. The van der Waals surface area contributed by atoms with Crippen molar-refractivity contribution in [3.63, 3.8) is 0 Å². The van der Waals surface area contributed by atoms with Gasteiger partial charge in [-0.05, 0) is 44.0 Å². The van der Waals surface area contributed by atoms with Crippen LogP contribution in [0.25, 0.3) is 0 Å². The fourth-order valence-electron chi connectivity index (χ4n) is 3.64. The van der Waals surface area contributed by atoms with Gasteiger partial charge in [-0.1, -0.05) is 15.9 Å². The number of fused-ring (bicyclic) bond motifs is 1. The normalized spacial score (nSPS) is 34.9. The Hall–Kier alpha value is -0.970. The molecule has 7 nitrogen and oxygen atoms in total. The third-order valence-corrected chi connectivity index (χ3v) is 7.12. The topological polar surface area (TPSA) is 99.1 Å². The van der Waals surface area contributed by atoms with E-state index in [0.717, 1.165) is 0 Å². The van der Waals surface area contributed by atoms with Crippen LogP contribution in [0.2, 0.25) is 0 Å². The highest BCUT2D eigenvalue weighted by molar-refractivity contribution is 9.13. The molecular formula is C15H9Br3O7. The van der Waals surface area contributed by atoms with Crippen LogP contribution in [0.1, 0.15) is 10.4 Å². The first-order chi connectivity index (χ1) is 11.8. The molecule has 3 aliphatic heterocycles. The smallest absolute Gasteiger partial charge is 0.339 e. The lowest BCUT2D eigenvalue weighted by Gasteiger charge is -2.26. The number of halogens is 3. The van der Waals surface area contributed by atoms with Crippen LogP contribution < -0.4 is 0 Å². The van der Waals surface area contributed by atoms with E-state index < -0.39 is 54.2 Å². The van der Waals surface area contributed by atoms with E-state index in [4.69, 9.17) is 14.2 Å². The first-order valence-electron chi connectivity index (χ1n) is 7.24. The number of esters is 2. The fraction of sp³-hybridized carbons (Fsp3) is 0.400. The van der Waals surface area contributed by atoms with E-state index in [-0.39, 0.29) is 5.56 Å². The maximum Gasteiger partial charge on any atom is 0.339 e. The molecule has 2 bridgehead atoms. The fourth-order valence-corrected chi connectivity index (χ4v) is 5.26. The monoisotopic (exact) mass is 538 g/mol. The Morgan fingerprint density at radius 3 is 2.52 bits per heavy atom. The van der Waals surface area contributed by atoms with Gasteiger partial charge in [0, 0.05) is 13.4 Å². The van der Waals surface area contributed by atoms with E-state index >= 15 is 0 Å². The number of ether oxygens (including phenoxy) is 3. The highest BCUT2D eigenvalue weighted by Crippen LogP contribution is 2.51. The van der Waals surface area contributed by atoms with Gasteiger partial charge in [0.2, 0.25) is 0 Å². The van der Waals surface area contributed by atoms with Crippen molar-refractivity contribution in [1.82, 2.24) is 0 Å². The van der Waals surface area contributed by atoms with Crippen molar-refractivity contribution < 1.29 is 33.7 Å². The van der Waals surface area contributed by atoms with Gasteiger partial charge in [0.25, 0.3) is 0 Å². The van der Waals surface area contributed by atoms with Crippen LogP contribution in [-0.4, -0.2) is 47.4 Å². The Bertz CT molecular complexity index is 811. The van der Waals surface area contributed by atoms with Gasteiger partial charge in [-0.2, -0.15) is 0 Å². The summed E-state index contributed by atoms with van der Waals surface area (Å²) in [5, 5.41) is 9.41. The molecule has 0 radical (unpaired) electrons. The van der Waals surface area contributed by atoms with Crippen LogP contribution in [0, 0.1) is 11.8 Å². The molecule has 132 valence electrons. The van der Waals surface area contributed by atoms with Crippen molar-refractivity contribution in [3.8, 4) is 0 Å². The second-order valence-corrected chi connectivity index (χ2v) is 8.54. The summed E-state index contributed by atoms with van der Waals surface area (Å²) in [5.41, 5.74) is 0.247. The third kappa shape index (κ3) is 2.56. The zero-order valence-electron chi connectivity index (χ0n) is 12.1. The standard InChI is InChI=1S/C15H9Br3O7/c16-3-1-4(8(18)5(17)2-3)14(21)24-11-9-6(13(19)20)7-10(23-9)12(11)25-15(7)22/h1-2,6-7,9-12H,(H,19,20). The molecule has 3 heterocycles. The summed E-state index contributed by atoms with van der Waals surface area (Å²) < 4.78 is 18.1.